The summed E-state index contributed by atoms with van der Waals surface area (Å²) in [6.07, 6.45) is 1.06. The van der Waals surface area contributed by atoms with Gasteiger partial charge >= 0.3 is 0 Å². The van der Waals surface area contributed by atoms with Crippen LogP contribution in [0, 0.1) is 0 Å². The molecule has 1 saturated heterocycles. The minimum absolute atomic E-state index is 0.245. The largest absolute Gasteiger partial charge is 0.341 e. The Morgan fingerprint density at radius 2 is 1.86 bits per heavy atom. The van der Waals surface area contributed by atoms with Gasteiger partial charge in [0, 0.05) is 31.5 Å². The van der Waals surface area contributed by atoms with Gasteiger partial charge in [0.05, 0.1) is 5.41 Å². The molecule has 1 aliphatic heterocycles. The molecule has 0 bridgehead atoms. The molecule has 0 aliphatic carbocycles. The Morgan fingerprint density at radius 1 is 1.14 bits per heavy atom. The van der Waals surface area contributed by atoms with E-state index in [1.807, 2.05) is 49.1 Å². The molecule has 116 valence electrons. The van der Waals surface area contributed by atoms with Crippen LogP contribution < -0.4 is 0 Å². The van der Waals surface area contributed by atoms with Gasteiger partial charge in [-0.25, -0.2) is 0 Å². The van der Waals surface area contributed by atoms with E-state index in [2.05, 4.69) is 20.8 Å². The molecular formula is C17H25BrN2O. The van der Waals surface area contributed by atoms with Crippen molar-refractivity contribution < 1.29 is 4.79 Å². The first-order valence-corrected chi connectivity index (χ1v) is 8.81. The molecule has 0 aromatic heterocycles. The van der Waals surface area contributed by atoms with Gasteiger partial charge in [0.15, 0.2) is 0 Å². The molecule has 21 heavy (non-hydrogen) atoms. The summed E-state index contributed by atoms with van der Waals surface area (Å²) < 4.78 is 0. The van der Waals surface area contributed by atoms with E-state index in [4.69, 9.17) is 0 Å². The Morgan fingerprint density at radius 3 is 2.52 bits per heavy atom. The lowest BCUT2D eigenvalue weighted by atomic mass is 9.83. The van der Waals surface area contributed by atoms with Crippen molar-refractivity contribution in [3.05, 3.63) is 35.9 Å². The molecule has 1 aliphatic rings. The summed E-state index contributed by atoms with van der Waals surface area (Å²) in [7, 11) is 0. The summed E-state index contributed by atoms with van der Waals surface area (Å²) in [6, 6.07) is 10.1. The third-order valence-electron chi connectivity index (χ3n) is 4.31. The molecule has 0 atom stereocenters. The first-order valence-electron chi connectivity index (χ1n) is 7.69. The minimum atomic E-state index is -0.453. The number of benzene rings is 1. The molecule has 1 aromatic carbocycles. The van der Waals surface area contributed by atoms with E-state index >= 15 is 0 Å². The van der Waals surface area contributed by atoms with E-state index in [-0.39, 0.29) is 5.91 Å². The lowest BCUT2D eigenvalue weighted by Crippen LogP contribution is -2.45. The molecule has 0 radical (unpaired) electrons. The predicted octanol–water partition coefficient (Wildman–Crippen LogP) is 2.89. The van der Waals surface area contributed by atoms with Crippen LogP contribution in [0.4, 0.5) is 0 Å². The van der Waals surface area contributed by atoms with E-state index in [1.165, 1.54) is 0 Å². The smallest absolute Gasteiger partial charge is 0.232 e. The van der Waals surface area contributed by atoms with Crippen LogP contribution in [0.5, 0.6) is 0 Å². The first kappa shape index (κ1) is 16.5. The predicted molar refractivity (Wildman–Crippen MR) is 90.9 cm³/mol. The summed E-state index contributed by atoms with van der Waals surface area (Å²) in [6.45, 7) is 8.89. The maximum absolute atomic E-state index is 12.9. The zero-order valence-electron chi connectivity index (χ0n) is 13.0. The van der Waals surface area contributed by atoms with Gasteiger partial charge in [0.1, 0.15) is 0 Å². The third kappa shape index (κ3) is 4.07. The number of carbonyl (C=O) groups excluding carboxylic acids is 1. The van der Waals surface area contributed by atoms with E-state index in [0.29, 0.717) is 0 Å². The standard InChI is InChI=1S/C17H25BrN2O/c1-17(2,15-7-4-3-5-8-15)16(21)20-11-6-10-19(12-9-18)13-14-20/h3-5,7-8H,6,9-14H2,1-2H3. The number of rotatable bonds is 4. The highest BCUT2D eigenvalue weighted by Crippen LogP contribution is 2.26. The average Bonchev–Trinajstić information content (AvgIpc) is 2.73. The highest BCUT2D eigenvalue weighted by molar-refractivity contribution is 9.09. The number of hydrogen-bond acceptors (Lipinski definition) is 2. The van der Waals surface area contributed by atoms with Crippen LogP contribution in [0.2, 0.25) is 0 Å². The van der Waals surface area contributed by atoms with Gasteiger partial charge in [-0.15, -0.1) is 0 Å². The second kappa shape index (κ2) is 7.41. The van der Waals surface area contributed by atoms with Crippen molar-refractivity contribution in [1.82, 2.24) is 9.80 Å². The number of amides is 1. The van der Waals surface area contributed by atoms with Crippen molar-refractivity contribution in [2.75, 3.05) is 38.1 Å². The van der Waals surface area contributed by atoms with Gasteiger partial charge in [-0.05, 0) is 32.4 Å². The Labute approximate surface area is 136 Å². The van der Waals surface area contributed by atoms with Gasteiger partial charge in [0.25, 0.3) is 0 Å². The fraction of sp³-hybridized carbons (Fsp3) is 0.588. The molecule has 4 heteroatoms. The van der Waals surface area contributed by atoms with Crippen molar-refractivity contribution in [2.45, 2.75) is 25.7 Å². The molecular weight excluding hydrogens is 328 g/mol. The SMILES string of the molecule is CC(C)(C(=O)N1CCCN(CCBr)CC1)c1ccccc1. The molecule has 0 N–H and O–H groups in total. The number of nitrogens with zero attached hydrogens (tertiary/aromatic N) is 2. The van der Waals surface area contributed by atoms with Gasteiger partial charge in [-0.3, -0.25) is 4.79 Å². The van der Waals surface area contributed by atoms with Gasteiger partial charge in [0.2, 0.25) is 5.91 Å². The Hall–Kier alpha value is -0.870. The Balaban J connectivity index is 2.05. The van der Waals surface area contributed by atoms with E-state index in [0.717, 1.165) is 50.0 Å². The minimum Gasteiger partial charge on any atom is -0.341 e. The number of halogens is 1. The average molecular weight is 353 g/mol. The van der Waals surface area contributed by atoms with Gasteiger partial charge in [-0.2, -0.15) is 0 Å². The highest BCUT2D eigenvalue weighted by atomic mass is 79.9. The van der Waals surface area contributed by atoms with Crippen LogP contribution in [-0.4, -0.2) is 53.8 Å². The van der Waals surface area contributed by atoms with Crippen molar-refractivity contribution in [3.63, 3.8) is 0 Å². The fourth-order valence-corrected chi connectivity index (χ4v) is 3.39. The summed E-state index contributed by atoms with van der Waals surface area (Å²) >= 11 is 3.49. The number of hydrogen-bond donors (Lipinski definition) is 0. The monoisotopic (exact) mass is 352 g/mol. The van der Waals surface area contributed by atoms with Crippen molar-refractivity contribution in [3.8, 4) is 0 Å². The molecule has 1 fully saturated rings. The van der Waals surface area contributed by atoms with Crippen molar-refractivity contribution >= 4 is 21.8 Å². The molecule has 1 aromatic rings. The summed E-state index contributed by atoms with van der Waals surface area (Å²) in [5.41, 5.74) is 0.642. The maximum atomic E-state index is 12.9. The zero-order valence-corrected chi connectivity index (χ0v) is 14.6. The van der Waals surface area contributed by atoms with E-state index < -0.39 is 5.41 Å². The lowest BCUT2D eigenvalue weighted by Gasteiger charge is -2.31. The normalized spacial score (nSPS) is 17.6. The van der Waals surface area contributed by atoms with Crippen LogP contribution >= 0.6 is 15.9 Å². The van der Waals surface area contributed by atoms with Crippen LogP contribution in [0.1, 0.15) is 25.8 Å². The molecule has 2 rings (SSSR count). The van der Waals surface area contributed by atoms with Crippen LogP contribution in [0.25, 0.3) is 0 Å². The Kier molecular flexibility index (Phi) is 5.82. The Bertz CT molecular complexity index is 461. The quantitative estimate of drug-likeness (QED) is 0.777. The molecule has 1 heterocycles. The van der Waals surface area contributed by atoms with Crippen molar-refractivity contribution in [2.24, 2.45) is 0 Å². The summed E-state index contributed by atoms with van der Waals surface area (Å²) in [5, 5.41) is 0.996. The second-order valence-corrected chi connectivity index (χ2v) is 6.96. The van der Waals surface area contributed by atoms with E-state index in [9.17, 15) is 4.79 Å². The topological polar surface area (TPSA) is 23.6 Å². The summed E-state index contributed by atoms with van der Waals surface area (Å²) in [5.74, 6) is 0.245. The zero-order chi connectivity index (χ0) is 15.3. The molecule has 3 nitrogen and oxygen atoms in total. The number of carbonyl (C=O) groups is 1. The van der Waals surface area contributed by atoms with Crippen molar-refractivity contribution in [1.29, 1.82) is 0 Å². The third-order valence-corrected chi connectivity index (χ3v) is 4.66. The number of alkyl halides is 1. The van der Waals surface area contributed by atoms with Crippen LogP contribution in [0.3, 0.4) is 0 Å². The fourth-order valence-electron chi connectivity index (χ4n) is 2.89. The molecule has 1 amide bonds. The molecule has 0 spiro atoms. The second-order valence-electron chi connectivity index (χ2n) is 6.17. The molecule has 0 unspecified atom stereocenters. The van der Waals surface area contributed by atoms with E-state index in [1.54, 1.807) is 0 Å². The van der Waals surface area contributed by atoms with Crippen LogP contribution in [-0.2, 0) is 10.2 Å². The van der Waals surface area contributed by atoms with Crippen LogP contribution in [0.15, 0.2) is 30.3 Å². The maximum Gasteiger partial charge on any atom is 0.232 e. The highest BCUT2D eigenvalue weighted by Gasteiger charge is 2.34. The van der Waals surface area contributed by atoms with Gasteiger partial charge in [-0.1, -0.05) is 46.3 Å². The first-order chi connectivity index (χ1) is 10.1. The molecule has 0 saturated carbocycles. The lowest BCUT2D eigenvalue weighted by molar-refractivity contribution is -0.136. The summed E-state index contributed by atoms with van der Waals surface area (Å²) in [4.78, 5) is 17.4. The van der Waals surface area contributed by atoms with Gasteiger partial charge < -0.3 is 9.80 Å².